The van der Waals surface area contributed by atoms with E-state index in [1.165, 1.54) is 12.5 Å². The lowest BCUT2D eigenvalue weighted by Crippen LogP contribution is -2.04. The molecule has 1 N–H and O–H groups in total. The highest BCUT2D eigenvalue weighted by Gasteiger charge is 2.12. The van der Waals surface area contributed by atoms with Crippen LogP contribution in [0.4, 0.5) is 0 Å². The monoisotopic (exact) mass is 224 g/mol. The van der Waals surface area contributed by atoms with Gasteiger partial charge in [0.05, 0.1) is 23.9 Å². The van der Waals surface area contributed by atoms with Crippen LogP contribution in [-0.2, 0) is 9.84 Å². The fraction of sp³-hybridized carbons (Fsp3) is 0.125. The third-order valence-electron chi connectivity index (χ3n) is 1.74. The molecule has 0 amide bonds. The van der Waals surface area contributed by atoms with Gasteiger partial charge in [0.2, 0.25) is 15.0 Å². The lowest BCUT2D eigenvalue weighted by Gasteiger charge is -1.99. The van der Waals surface area contributed by atoms with E-state index in [1.54, 1.807) is 12.3 Å². The van der Waals surface area contributed by atoms with Crippen molar-refractivity contribution in [2.24, 2.45) is 0 Å². The maximum Gasteiger partial charge on any atom is 0.247 e. The molecule has 78 valence electrons. The second kappa shape index (κ2) is 3.43. The van der Waals surface area contributed by atoms with Crippen LogP contribution in [-0.4, -0.2) is 34.6 Å². The average Bonchev–Trinajstić information content (AvgIpc) is 2.69. The first kappa shape index (κ1) is 9.78. The molecule has 0 fully saturated rings. The summed E-state index contributed by atoms with van der Waals surface area (Å²) in [6.07, 6.45) is 5.53. The maximum atomic E-state index is 11.2. The standard InChI is InChI=1S/C8H8N4O2S/c1-15(13,14)8-10-3-2-6(12-8)7-4-9-5-11-7/h2-5H,1H3,(H,9,11). The van der Waals surface area contributed by atoms with Gasteiger partial charge in [-0.3, -0.25) is 0 Å². The molecule has 2 aromatic rings. The van der Waals surface area contributed by atoms with Crippen molar-refractivity contribution in [3.8, 4) is 11.4 Å². The van der Waals surface area contributed by atoms with Gasteiger partial charge in [-0.25, -0.2) is 23.4 Å². The van der Waals surface area contributed by atoms with Crippen LogP contribution < -0.4 is 0 Å². The fourth-order valence-corrected chi connectivity index (χ4v) is 1.58. The lowest BCUT2D eigenvalue weighted by atomic mass is 10.3. The molecule has 7 heteroatoms. The van der Waals surface area contributed by atoms with Gasteiger partial charge >= 0.3 is 0 Å². The molecule has 0 bridgehead atoms. The molecule has 0 aromatic carbocycles. The van der Waals surface area contributed by atoms with Crippen molar-refractivity contribution >= 4 is 9.84 Å². The average molecular weight is 224 g/mol. The summed E-state index contributed by atoms with van der Waals surface area (Å²) in [7, 11) is -3.37. The van der Waals surface area contributed by atoms with Crippen molar-refractivity contribution in [1.29, 1.82) is 0 Å². The first-order valence-electron chi connectivity index (χ1n) is 4.09. The molecule has 0 spiro atoms. The predicted molar refractivity (Wildman–Crippen MR) is 52.7 cm³/mol. The first-order valence-corrected chi connectivity index (χ1v) is 5.98. The van der Waals surface area contributed by atoms with Crippen molar-refractivity contribution in [2.45, 2.75) is 5.16 Å². The summed E-state index contributed by atoms with van der Waals surface area (Å²) in [6, 6.07) is 1.61. The SMILES string of the molecule is CS(=O)(=O)c1nccc(-c2cnc[nH]2)n1. The summed E-state index contributed by atoms with van der Waals surface area (Å²) >= 11 is 0. The van der Waals surface area contributed by atoms with Crippen LogP contribution in [0, 0.1) is 0 Å². The summed E-state index contributed by atoms with van der Waals surface area (Å²) in [5, 5.41) is -0.186. The van der Waals surface area contributed by atoms with Crippen LogP contribution in [0.2, 0.25) is 0 Å². The van der Waals surface area contributed by atoms with Gasteiger partial charge in [-0.05, 0) is 6.07 Å². The highest BCUT2D eigenvalue weighted by molar-refractivity contribution is 7.90. The quantitative estimate of drug-likeness (QED) is 0.739. The van der Waals surface area contributed by atoms with Crippen LogP contribution >= 0.6 is 0 Å². The number of sulfone groups is 1. The molecule has 0 unspecified atom stereocenters. The zero-order valence-electron chi connectivity index (χ0n) is 7.88. The largest absolute Gasteiger partial charge is 0.343 e. The minimum atomic E-state index is -3.37. The van der Waals surface area contributed by atoms with Crippen molar-refractivity contribution < 1.29 is 8.42 Å². The number of nitrogens with one attached hydrogen (secondary N) is 1. The molecular formula is C8H8N4O2S. The van der Waals surface area contributed by atoms with Crippen LogP contribution in [0.3, 0.4) is 0 Å². The van der Waals surface area contributed by atoms with Crippen LogP contribution in [0.25, 0.3) is 11.4 Å². The minimum Gasteiger partial charge on any atom is -0.343 e. The summed E-state index contributed by atoms with van der Waals surface area (Å²) < 4.78 is 22.4. The van der Waals surface area contributed by atoms with E-state index in [9.17, 15) is 8.42 Å². The van der Waals surface area contributed by atoms with Crippen LogP contribution in [0.5, 0.6) is 0 Å². The summed E-state index contributed by atoms with van der Waals surface area (Å²) in [4.78, 5) is 14.3. The van der Waals surface area contributed by atoms with Gasteiger partial charge in [0.15, 0.2) is 0 Å². The molecule has 0 atom stereocenters. The molecule has 15 heavy (non-hydrogen) atoms. The Hall–Kier alpha value is -1.76. The molecule has 0 radical (unpaired) electrons. The Labute approximate surface area is 86.3 Å². The lowest BCUT2D eigenvalue weighted by molar-refractivity contribution is 0.593. The topological polar surface area (TPSA) is 88.6 Å². The van der Waals surface area contributed by atoms with Crippen molar-refractivity contribution in [3.63, 3.8) is 0 Å². The molecule has 0 aliphatic rings. The Bertz CT molecular complexity index is 562. The number of aromatic amines is 1. The van der Waals surface area contributed by atoms with Gasteiger partial charge in [-0.2, -0.15) is 0 Å². The number of aromatic nitrogens is 4. The minimum absolute atomic E-state index is 0.186. The van der Waals surface area contributed by atoms with E-state index in [1.807, 2.05) is 0 Å². The van der Waals surface area contributed by atoms with E-state index in [-0.39, 0.29) is 5.16 Å². The Morgan fingerprint density at radius 1 is 1.40 bits per heavy atom. The zero-order valence-corrected chi connectivity index (χ0v) is 8.69. The molecule has 0 saturated heterocycles. The van der Waals surface area contributed by atoms with Gasteiger partial charge in [0.1, 0.15) is 0 Å². The fourth-order valence-electron chi connectivity index (χ4n) is 1.07. The number of nitrogens with zero attached hydrogens (tertiary/aromatic N) is 3. The van der Waals surface area contributed by atoms with Gasteiger partial charge in [0.25, 0.3) is 0 Å². The maximum absolute atomic E-state index is 11.2. The van der Waals surface area contributed by atoms with E-state index in [4.69, 9.17) is 0 Å². The normalized spacial score (nSPS) is 11.5. The molecule has 6 nitrogen and oxygen atoms in total. The zero-order chi connectivity index (χ0) is 10.9. The summed E-state index contributed by atoms with van der Waals surface area (Å²) in [6.45, 7) is 0. The molecule has 0 aliphatic heterocycles. The first-order chi connectivity index (χ1) is 7.07. The molecule has 2 rings (SSSR count). The van der Waals surface area contributed by atoms with Gasteiger partial charge in [-0.1, -0.05) is 0 Å². The molecule has 2 heterocycles. The predicted octanol–water partition coefficient (Wildman–Crippen LogP) is 0.270. The van der Waals surface area contributed by atoms with Gasteiger partial charge in [-0.15, -0.1) is 0 Å². The Balaban J connectivity index is 2.53. The molecule has 0 aliphatic carbocycles. The third kappa shape index (κ3) is 2.01. The smallest absolute Gasteiger partial charge is 0.247 e. The molecule has 2 aromatic heterocycles. The van der Waals surface area contributed by atoms with Crippen molar-refractivity contribution in [2.75, 3.05) is 6.26 Å². The van der Waals surface area contributed by atoms with Gasteiger partial charge < -0.3 is 4.98 Å². The summed E-state index contributed by atoms with van der Waals surface area (Å²) in [5.74, 6) is 0. The number of hydrogen-bond acceptors (Lipinski definition) is 5. The van der Waals surface area contributed by atoms with Crippen molar-refractivity contribution in [1.82, 2.24) is 19.9 Å². The van der Waals surface area contributed by atoms with Crippen molar-refractivity contribution in [3.05, 3.63) is 24.8 Å². The second-order valence-corrected chi connectivity index (χ2v) is 4.87. The van der Waals surface area contributed by atoms with Gasteiger partial charge in [0, 0.05) is 12.5 Å². The Morgan fingerprint density at radius 2 is 2.20 bits per heavy atom. The third-order valence-corrected chi connectivity index (χ3v) is 2.60. The number of H-pyrrole nitrogens is 1. The number of hydrogen-bond donors (Lipinski definition) is 1. The van der Waals surface area contributed by atoms with Crippen LogP contribution in [0.1, 0.15) is 0 Å². The highest BCUT2D eigenvalue weighted by Crippen LogP contribution is 2.13. The number of imidazole rings is 1. The van der Waals surface area contributed by atoms with E-state index < -0.39 is 9.84 Å². The van der Waals surface area contributed by atoms with E-state index >= 15 is 0 Å². The van der Waals surface area contributed by atoms with E-state index in [0.717, 1.165) is 6.26 Å². The van der Waals surface area contributed by atoms with E-state index in [0.29, 0.717) is 11.4 Å². The second-order valence-electron chi connectivity index (χ2n) is 2.96. The Morgan fingerprint density at radius 3 is 2.80 bits per heavy atom. The molecule has 0 saturated carbocycles. The molecular weight excluding hydrogens is 216 g/mol. The number of rotatable bonds is 2. The Kier molecular flexibility index (Phi) is 2.24. The van der Waals surface area contributed by atoms with E-state index in [2.05, 4.69) is 19.9 Å². The summed E-state index contributed by atoms with van der Waals surface area (Å²) in [5.41, 5.74) is 1.16. The van der Waals surface area contributed by atoms with Crippen LogP contribution in [0.15, 0.2) is 29.9 Å². The highest BCUT2D eigenvalue weighted by atomic mass is 32.2.